The molecule has 0 aromatic heterocycles. The molecule has 3 heterocycles. The molecule has 16 nitrogen and oxygen atoms in total. The van der Waals surface area contributed by atoms with Gasteiger partial charge in [-0.05, 0) is 24.3 Å². The van der Waals surface area contributed by atoms with E-state index in [2.05, 4.69) is 0 Å². The van der Waals surface area contributed by atoms with Crippen molar-refractivity contribution in [3.63, 3.8) is 0 Å². The zero-order valence-electron chi connectivity index (χ0n) is 23.2. The van der Waals surface area contributed by atoms with Crippen molar-refractivity contribution < 1.29 is 79.5 Å². The smallest absolute Gasteiger partial charge is 0.229 e. The lowest BCUT2D eigenvalue weighted by molar-refractivity contribution is -0.291. The molecule has 5 rings (SSSR count). The Kier molecular flexibility index (Phi) is 9.38. The third-order valence-corrected chi connectivity index (χ3v) is 7.57. The van der Waals surface area contributed by atoms with Crippen molar-refractivity contribution in [1.82, 2.24) is 0 Å². The Morgan fingerprint density at radius 3 is 1.91 bits per heavy atom. The van der Waals surface area contributed by atoms with E-state index in [1.54, 1.807) is 0 Å². The SMILES string of the molecule is COc1cc(C2=C(O[C@@H]3O[C@H](CO)[C@@H](O)[C@H](O)[C@H]3O)C=C3C(O[C@@H]4O[C@H](CO)[C@@H](O)[C@H](O)[C@H]4O)=CC(O)=CC3O2)ccc1O. The average molecular weight is 627 g/mol. The summed E-state index contributed by atoms with van der Waals surface area (Å²) in [6.07, 6.45) is -13.4. The number of hydrogen-bond donors (Lipinski definition) is 10. The minimum atomic E-state index is -1.79. The van der Waals surface area contributed by atoms with Crippen LogP contribution in [0.5, 0.6) is 11.5 Å². The number of aliphatic hydroxyl groups excluding tert-OH is 9. The number of aromatic hydroxyl groups is 1. The van der Waals surface area contributed by atoms with E-state index in [1.165, 1.54) is 37.5 Å². The van der Waals surface area contributed by atoms with Crippen LogP contribution in [0.15, 0.2) is 59.3 Å². The van der Waals surface area contributed by atoms with Crippen LogP contribution >= 0.6 is 0 Å². The number of allylic oxidation sites excluding steroid dienone is 2. The molecular formula is C28H34O16. The molecule has 0 amide bonds. The van der Waals surface area contributed by atoms with E-state index in [9.17, 15) is 51.1 Å². The number of hydrogen-bond acceptors (Lipinski definition) is 16. The van der Waals surface area contributed by atoms with Gasteiger partial charge in [-0.3, -0.25) is 0 Å². The third-order valence-electron chi connectivity index (χ3n) is 7.57. The zero-order chi connectivity index (χ0) is 31.9. The monoisotopic (exact) mass is 626 g/mol. The second kappa shape index (κ2) is 12.9. The molecule has 11 atom stereocenters. The molecular weight excluding hydrogens is 592 g/mol. The molecule has 0 radical (unpaired) electrons. The highest BCUT2D eigenvalue weighted by Gasteiger charge is 2.47. The number of fused-ring (bicyclic) bond motifs is 1. The summed E-state index contributed by atoms with van der Waals surface area (Å²) in [5.74, 6) is -0.759. The van der Waals surface area contributed by atoms with E-state index >= 15 is 0 Å². The number of methoxy groups -OCH3 is 1. The van der Waals surface area contributed by atoms with Gasteiger partial charge in [0.2, 0.25) is 12.6 Å². The maximum atomic E-state index is 10.6. The number of ether oxygens (including phenoxy) is 6. The lowest BCUT2D eigenvalue weighted by Crippen LogP contribution is -2.59. The summed E-state index contributed by atoms with van der Waals surface area (Å²) in [5.41, 5.74) is 0.447. The molecule has 1 aliphatic carbocycles. The quantitative estimate of drug-likeness (QED) is 0.142. The van der Waals surface area contributed by atoms with Crippen molar-refractivity contribution in [2.24, 2.45) is 0 Å². The molecule has 1 unspecified atom stereocenters. The van der Waals surface area contributed by atoms with Gasteiger partial charge in [0, 0.05) is 23.3 Å². The van der Waals surface area contributed by atoms with E-state index in [4.69, 9.17) is 28.4 Å². The molecule has 1 aromatic rings. The summed E-state index contributed by atoms with van der Waals surface area (Å²) in [7, 11) is 1.33. The van der Waals surface area contributed by atoms with Crippen molar-refractivity contribution in [1.29, 1.82) is 0 Å². The first-order valence-electron chi connectivity index (χ1n) is 13.5. The van der Waals surface area contributed by atoms with Gasteiger partial charge in [-0.2, -0.15) is 0 Å². The topological polar surface area (TPSA) is 258 Å². The van der Waals surface area contributed by atoms with Crippen molar-refractivity contribution in [3.05, 3.63) is 64.8 Å². The highest BCUT2D eigenvalue weighted by molar-refractivity contribution is 5.70. The lowest BCUT2D eigenvalue weighted by Gasteiger charge is -2.41. The summed E-state index contributed by atoms with van der Waals surface area (Å²) in [5, 5.41) is 102. The number of aliphatic hydroxyl groups is 9. The van der Waals surface area contributed by atoms with Crippen LogP contribution in [0.4, 0.5) is 0 Å². The lowest BCUT2D eigenvalue weighted by atomic mass is 9.96. The maximum Gasteiger partial charge on any atom is 0.229 e. The first-order valence-corrected chi connectivity index (χ1v) is 13.5. The van der Waals surface area contributed by atoms with Crippen LogP contribution in [0.25, 0.3) is 5.76 Å². The molecule has 2 saturated heterocycles. The number of phenols is 1. The van der Waals surface area contributed by atoms with E-state index in [0.29, 0.717) is 0 Å². The molecule has 16 heteroatoms. The van der Waals surface area contributed by atoms with Gasteiger partial charge in [-0.15, -0.1) is 0 Å². The summed E-state index contributed by atoms with van der Waals surface area (Å²) in [4.78, 5) is 0. The number of rotatable bonds is 8. The average Bonchev–Trinajstić information content (AvgIpc) is 3.01. The second-order valence-electron chi connectivity index (χ2n) is 10.4. The van der Waals surface area contributed by atoms with Gasteiger partial charge in [-0.25, -0.2) is 0 Å². The van der Waals surface area contributed by atoms with Gasteiger partial charge in [0.25, 0.3) is 0 Å². The first kappa shape index (κ1) is 32.0. The molecule has 1 aromatic carbocycles. The summed E-state index contributed by atoms with van der Waals surface area (Å²) < 4.78 is 34.0. The van der Waals surface area contributed by atoms with Crippen molar-refractivity contribution in [3.8, 4) is 11.5 Å². The predicted octanol–water partition coefficient (Wildman–Crippen LogP) is -2.63. The molecule has 242 valence electrons. The Balaban J connectivity index is 1.54. The van der Waals surface area contributed by atoms with E-state index < -0.39 is 80.7 Å². The Labute approximate surface area is 249 Å². The van der Waals surface area contributed by atoms with E-state index in [1.807, 2.05) is 0 Å². The molecule has 0 bridgehead atoms. The van der Waals surface area contributed by atoms with Crippen LogP contribution in [-0.2, 0) is 23.7 Å². The van der Waals surface area contributed by atoms with Gasteiger partial charge in [0.1, 0.15) is 66.5 Å². The predicted molar refractivity (Wildman–Crippen MR) is 143 cm³/mol. The van der Waals surface area contributed by atoms with Gasteiger partial charge >= 0.3 is 0 Å². The number of phenolic OH excluding ortho intramolecular Hbond substituents is 1. The van der Waals surface area contributed by atoms with Crippen LogP contribution in [0.3, 0.4) is 0 Å². The molecule has 44 heavy (non-hydrogen) atoms. The highest BCUT2D eigenvalue weighted by atomic mass is 16.7. The third kappa shape index (κ3) is 5.96. The fraction of sp³-hybridized carbons (Fsp3) is 0.500. The minimum Gasteiger partial charge on any atom is -0.508 e. The largest absolute Gasteiger partial charge is 0.508 e. The van der Waals surface area contributed by atoms with Gasteiger partial charge in [-0.1, -0.05) is 0 Å². The normalized spacial score (nSPS) is 37.2. The molecule has 0 spiro atoms. The molecule has 2 fully saturated rings. The summed E-state index contributed by atoms with van der Waals surface area (Å²) >= 11 is 0. The van der Waals surface area contributed by atoms with Crippen LogP contribution in [0.2, 0.25) is 0 Å². The Morgan fingerprint density at radius 2 is 1.34 bits per heavy atom. The Hall–Kier alpha value is -3.42. The highest BCUT2D eigenvalue weighted by Crippen LogP contribution is 2.41. The number of benzene rings is 1. The summed E-state index contributed by atoms with van der Waals surface area (Å²) in [6.45, 7) is -1.42. The van der Waals surface area contributed by atoms with Crippen molar-refractivity contribution in [2.75, 3.05) is 20.3 Å². The fourth-order valence-corrected chi connectivity index (χ4v) is 5.09. The van der Waals surface area contributed by atoms with E-state index in [-0.39, 0.29) is 45.7 Å². The molecule has 10 N–H and O–H groups in total. The van der Waals surface area contributed by atoms with Gasteiger partial charge in [0.05, 0.1) is 20.3 Å². The summed E-state index contributed by atoms with van der Waals surface area (Å²) in [6, 6.07) is 4.18. The van der Waals surface area contributed by atoms with Crippen LogP contribution in [0.1, 0.15) is 5.56 Å². The Morgan fingerprint density at radius 1 is 0.750 bits per heavy atom. The zero-order valence-corrected chi connectivity index (χ0v) is 23.2. The second-order valence-corrected chi connectivity index (χ2v) is 10.4. The Bertz CT molecular complexity index is 1330. The van der Waals surface area contributed by atoms with Gasteiger partial charge < -0.3 is 79.5 Å². The standard InChI is InChI=1S/C28H34O16/c1-39-16-4-10(2-3-13(16)32)26-17(42-28-25(38)23(36)21(34)19(9-30)44-28)7-12-14(40-26)5-11(31)6-15(12)41-27-24(37)22(35)20(33)18(8-29)43-27/h2-7,14,18-25,27-38H,8-9H2,1H3/t14?,18-,19-,20-,21-,22+,23+,24-,25-,27-,28-/m1/s1. The van der Waals surface area contributed by atoms with Crippen molar-refractivity contribution in [2.45, 2.75) is 67.5 Å². The minimum absolute atomic E-state index is 0.0212. The molecule has 4 aliphatic rings. The van der Waals surface area contributed by atoms with Gasteiger partial charge in [0.15, 0.2) is 23.0 Å². The van der Waals surface area contributed by atoms with Crippen molar-refractivity contribution >= 4 is 5.76 Å². The molecule has 3 aliphatic heterocycles. The maximum absolute atomic E-state index is 10.6. The van der Waals surface area contributed by atoms with Crippen LogP contribution < -0.4 is 4.74 Å². The first-order chi connectivity index (χ1) is 21.0. The van der Waals surface area contributed by atoms with E-state index in [0.717, 1.165) is 6.08 Å². The molecule has 0 saturated carbocycles. The fourth-order valence-electron chi connectivity index (χ4n) is 5.09. The van der Waals surface area contributed by atoms with Crippen LogP contribution in [0, 0.1) is 0 Å². The van der Waals surface area contributed by atoms with Crippen LogP contribution in [-0.4, -0.2) is 139 Å².